The standard InChI is InChI=1S/C11H20O2/c1-8-3-5-10(6-4-8)7-9(2)11(12)13/h8-10H,3-7H2,1-2H3,(H,12,13). The quantitative estimate of drug-likeness (QED) is 0.732. The van der Waals surface area contributed by atoms with E-state index in [2.05, 4.69) is 6.92 Å². The van der Waals surface area contributed by atoms with Crippen LogP contribution >= 0.6 is 0 Å². The fourth-order valence-electron chi connectivity index (χ4n) is 2.17. The van der Waals surface area contributed by atoms with Crippen LogP contribution in [-0.2, 0) is 4.79 Å². The Hall–Kier alpha value is -0.530. The average Bonchev–Trinajstić information content (AvgIpc) is 2.08. The van der Waals surface area contributed by atoms with Crippen molar-refractivity contribution >= 4 is 5.97 Å². The van der Waals surface area contributed by atoms with E-state index >= 15 is 0 Å². The van der Waals surface area contributed by atoms with E-state index in [9.17, 15) is 4.79 Å². The first kappa shape index (κ1) is 10.6. The van der Waals surface area contributed by atoms with Gasteiger partial charge in [0.15, 0.2) is 0 Å². The van der Waals surface area contributed by atoms with Gasteiger partial charge in [0.1, 0.15) is 0 Å². The van der Waals surface area contributed by atoms with E-state index in [0.29, 0.717) is 5.92 Å². The van der Waals surface area contributed by atoms with Crippen LogP contribution in [0.2, 0.25) is 0 Å². The molecule has 0 spiro atoms. The summed E-state index contributed by atoms with van der Waals surface area (Å²) in [5.41, 5.74) is 0. The number of rotatable bonds is 3. The Labute approximate surface area is 80.3 Å². The van der Waals surface area contributed by atoms with E-state index in [-0.39, 0.29) is 5.92 Å². The summed E-state index contributed by atoms with van der Waals surface area (Å²) in [7, 11) is 0. The molecule has 0 aromatic carbocycles. The van der Waals surface area contributed by atoms with Crippen LogP contribution in [0.4, 0.5) is 0 Å². The Morgan fingerprint density at radius 2 is 1.92 bits per heavy atom. The van der Waals surface area contributed by atoms with E-state index in [1.807, 2.05) is 6.92 Å². The van der Waals surface area contributed by atoms with Crippen molar-refractivity contribution in [3.05, 3.63) is 0 Å². The number of aliphatic carboxylic acids is 1. The van der Waals surface area contributed by atoms with Crippen molar-refractivity contribution in [2.45, 2.75) is 46.0 Å². The van der Waals surface area contributed by atoms with Gasteiger partial charge in [-0.3, -0.25) is 4.79 Å². The van der Waals surface area contributed by atoms with Gasteiger partial charge in [-0.25, -0.2) is 0 Å². The molecule has 1 N–H and O–H groups in total. The second-order valence-corrected chi connectivity index (χ2v) is 4.60. The predicted octanol–water partition coefficient (Wildman–Crippen LogP) is 2.92. The maximum atomic E-state index is 10.6. The molecular weight excluding hydrogens is 164 g/mol. The van der Waals surface area contributed by atoms with Gasteiger partial charge in [-0.2, -0.15) is 0 Å². The van der Waals surface area contributed by atoms with Gasteiger partial charge in [0.2, 0.25) is 0 Å². The van der Waals surface area contributed by atoms with Crippen LogP contribution in [0, 0.1) is 17.8 Å². The van der Waals surface area contributed by atoms with E-state index in [0.717, 1.165) is 12.3 Å². The molecule has 1 aliphatic carbocycles. The topological polar surface area (TPSA) is 37.3 Å². The first-order valence-corrected chi connectivity index (χ1v) is 5.32. The summed E-state index contributed by atoms with van der Waals surface area (Å²) in [4.78, 5) is 10.6. The van der Waals surface area contributed by atoms with Crippen molar-refractivity contribution in [1.82, 2.24) is 0 Å². The van der Waals surface area contributed by atoms with Gasteiger partial charge in [-0.05, 0) is 18.3 Å². The van der Waals surface area contributed by atoms with Crippen molar-refractivity contribution < 1.29 is 9.90 Å². The molecule has 1 rings (SSSR count). The maximum absolute atomic E-state index is 10.6. The molecule has 0 radical (unpaired) electrons. The van der Waals surface area contributed by atoms with Crippen molar-refractivity contribution in [3.63, 3.8) is 0 Å². The maximum Gasteiger partial charge on any atom is 0.306 e. The Bertz CT molecular complexity index is 169. The molecule has 76 valence electrons. The van der Waals surface area contributed by atoms with Gasteiger partial charge in [0.25, 0.3) is 0 Å². The molecule has 1 atom stereocenters. The highest BCUT2D eigenvalue weighted by Crippen LogP contribution is 2.32. The Balaban J connectivity index is 2.26. The monoisotopic (exact) mass is 184 g/mol. The zero-order chi connectivity index (χ0) is 9.84. The molecule has 2 heteroatoms. The Morgan fingerprint density at radius 1 is 1.38 bits per heavy atom. The number of carbonyl (C=O) groups is 1. The minimum Gasteiger partial charge on any atom is -0.481 e. The van der Waals surface area contributed by atoms with Crippen molar-refractivity contribution in [2.75, 3.05) is 0 Å². The second-order valence-electron chi connectivity index (χ2n) is 4.60. The molecule has 0 aliphatic heterocycles. The summed E-state index contributed by atoms with van der Waals surface area (Å²) >= 11 is 0. The highest BCUT2D eigenvalue weighted by atomic mass is 16.4. The first-order chi connectivity index (χ1) is 6.09. The third-order valence-electron chi connectivity index (χ3n) is 3.24. The van der Waals surface area contributed by atoms with Gasteiger partial charge in [0.05, 0.1) is 5.92 Å². The lowest BCUT2D eigenvalue weighted by Gasteiger charge is -2.27. The Morgan fingerprint density at radius 3 is 2.38 bits per heavy atom. The van der Waals surface area contributed by atoms with Gasteiger partial charge in [0, 0.05) is 0 Å². The van der Waals surface area contributed by atoms with Crippen LogP contribution in [-0.4, -0.2) is 11.1 Å². The third kappa shape index (κ3) is 3.37. The van der Waals surface area contributed by atoms with Crippen LogP contribution in [0.5, 0.6) is 0 Å². The molecule has 1 aliphatic rings. The molecule has 0 aromatic rings. The number of hydrogen-bond donors (Lipinski definition) is 1. The summed E-state index contributed by atoms with van der Waals surface area (Å²) in [6, 6.07) is 0. The summed E-state index contributed by atoms with van der Waals surface area (Å²) < 4.78 is 0. The number of carboxylic acid groups (broad SMARTS) is 1. The molecule has 0 heterocycles. The van der Waals surface area contributed by atoms with Crippen LogP contribution < -0.4 is 0 Å². The van der Waals surface area contributed by atoms with Gasteiger partial charge in [-0.1, -0.05) is 39.5 Å². The molecule has 2 nitrogen and oxygen atoms in total. The molecular formula is C11H20O2. The fraction of sp³-hybridized carbons (Fsp3) is 0.909. The molecule has 0 aromatic heterocycles. The highest BCUT2D eigenvalue weighted by Gasteiger charge is 2.22. The molecule has 1 unspecified atom stereocenters. The van der Waals surface area contributed by atoms with Gasteiger partial charge in [-0.15, -0.1) is 0 Å². The lowest BCUT2D eigenvalue weighted by atomic mass is 9.79. The molecule has 1 saturated carbocycles. The van der Waals surface area contributed by atoms with Crippen molar-refractivity contribution in [2.24, 2.45) is 17.8 Å². The molecule has 0 amide bonds. The molecule has 0 saturated heterocycles. The third-order valence-corrected chi connectivity index (χ3v) is 3.24. The summed E-state index contributed by atoms with van der Waals surface area (Å²) in [6.45, 7) is 4.11. The highest BCUT2D eigenvalue weighted by molar-refractivity contribution is 5.69. The van der Waals surface area contributed by atoms with Gasteiger partial charge >= 0.3 is 5.97 Å². The lowest BCUT2D eigenvalue weighted by molar-refractivity contribution is -0.141. The molecule has 13 heavy (non-hydrogen) atoms. The van der Waals surface area contributed by atoms with E-state index in [1.165, 1.54) is 25.7 Å². The largest absolute Gasteiger partial charge is 0.481 e. The molecule has 0 bridgehead atoms. The number of hydrogen-bond acceptors (Lipinski definition) is 1. The summed E-state index contributed by atoms with van der Waals surface area (Å²) in [6.07, 6.45) is 5.92. The van der Waals surface area contributed by atoms with E-state index in [1.54, 1.807) is 0 Å². The number of carboxylic acids is 1. The van der Waals surface area contributed by atoms with Crippen LogP contribution in [0.25, 0.3) is 0 Å². The van der Waals surface area contributed by atoms with Gasteiger partial charge < -0.3 is 5.11 Å². The smallest absolute Gasteiger partial charge is 0.306 e. The van der Waals surface area contributed by atoms with Crippen LogP contribution in [0.15, 0.2) is 0 Å². The first-order valence-electron chi connectivity index (χ1n) is 5.32. The minimum atomic E-state index is -0.640. The predicted molar refractivity (Wildman–Crippen MR) is 52.5 cm³/mol. The van der Waals surface area contributed by atoms with Crippen molar-refractivity contribution in [1.29, 1.82) is 0 Å². The normalized spacial score (nSPS) is 31.2. The SMILES string of the molecule is CC1CCC(CC(C)C(=O)O)CC1. The zero-order valence-electron chi connectivity index (χ0n) is 8.62. The van der Waals surface area contributed by atoms with E-state index in [4.69, 9.17) is 5.11 Å². The van der Waals surface area contributed by atoms with E-state index < -0.39 is 5.97 Å². The molecule has 1 fully saturated rings. The zero-order valence-corrected chi connectivity index (χ0v) is 8.62. The summed E-state index contributed by atoms with van der Waals surface area (Å²) in [5.74, 6) is 0.732. The minimum absolute atomic E-state index is 0.154. The van der Waals surface area contributed by atoms with Crippen LogP contribution in [0.3, 0.4) is 0 Å². The Kier molecular flexibility index (Phi) is 3.76. The lowest BCUT2D eigenvalue weighted by Crippen LogP contribution is -2.18. The van der Waals surface area contributed by atoms with Crippen LogP contribution in [0.1, 0.15) is 46.0 Å². The average molecular weight is 184 g/mol. The second kappa shape index (κ2) is 4.64. The fourth-order valence-corrected chi connectivity index (χ4v) is 2.17. The summed E-state index contributed by atoms with van der Waals surface area (Å²) in [5, 5.41) is 8.76. The van der Waals surface area contributed by atoms with Crippen molar-refractivity contribution in [3.8, 4) is 0 Å².